The van der Waals surface area contributed by atoms with Crippen LogP contribution in [-0.2, 0) is 22.4 Å². The molecular weight excluding hydrogens is 663 g/mol. The van der Waals surface area contributed by atoms with Gasteiger partial charge in [-0.25, -0.2) is 0 Å². The van der Waals surface area contributed by atoms with E-state index >= 15 is 0 Å². The molecule has 0 unspecified atom stereocenters. The van der Waals surface area contributed by atoms with Crippen molar-refractivity contribution in [2.45, 2.75) is 12.8 Å². The Balaban J connectivity index is 1.45. The molecule has 42 heavy (non-hydrogen) atoms. The van der Waals surface area contributed by atoms with E-state index in [2.05, 4.69) is 5.32 Å². The van der Waals surface area contributed by atoms with E-state index < -0.39 is 35.3 Å². The van der Waals surface area contributed by atoms with Crippen molar-refractivity contribution in [3.05, 3.63) is 90.2 Å². The van der Waals surface area contributed by atoms with Gasteiger partial charge in [-0.1, -0.05) is 52.5 Å². The second-order valence-corrected chi connectivity index (χ2v) is 11.2. The molecule has 220 valence electrons. The van der Waals surface area contributed by atoms with Crippen molar-refractivity contribution < 1.29 is 37.0 Å². The number of imide groups is 1. The van der Waals surface area contributed by atoms with Gasteiger partial charge >= 0.3 is 6.18 Å². The summed E-state index contributed by atoms with van der Waals surface area (Å²) < 4.78 is 50.0. The molecular formula is C27H17Cl4F3N2O5S. The number of methoxy groups -OCH3 is 1. The largest absolute Gasteiger partial charge is 0.495 e. The number of nitrogens with zero attached hydrogens (tertiary/aromatic N) is 1. The smallest absolute Gasteiger partial charge is 0.416 e. The van der Waals surface area contributed by atoms with Gasteiger partial charge in [0.05, 0.1) is 43.4 Å². The lowest BCUT2D eigenvalue weighted by Gasteiger charge is -2.16. The topological polar surface area (TPSA) is 84.9 Å². The van der Waals surface area contributed by atoms with E-state index in [4.69, 9.17) is 55.9 Å². The van der Waals surface area contributed by atoms with Crippen LogP contribution in [0.2, 0.25) is 20.1 Å². The fraction of sp³-hybridized carbons (Fsp3) is 0.148. The van der Waals surface area contributed by atoms with Crippen molar-refractivity contribution in [1.82, 2.24) is 4.90 Å². The minimum Gasteiger partial charge on any atom is -0.495 e. The predicted molar refractivity (Wildman–Crippen MR) is 157 cm³/mol. The van der Waals surface area contributed by atoms with Crippen molar-refractivity contribution in [3.63, 3.8) is 0 Å². The summed E-state index contributed by atoms with van der Waals surface area (Å²) >= 11 is 25.2. The highest BCUT2D eigenvalue weighted by atomic mass is 35.5. The third kappa shape index (κ3) is 7.45. The average Bonchev–Trinajstić information content (AvgIpc) is 3.16. The van der Waals surface area contributed by atoms with E-state index in [1.807, 2.05) is 0 Å². The van der Waals surface area contributed by atoms with Crippen molar-refractivity contribution in [1.29, 1.82) is 0 Å². The van der Waals surface area contributed by atoms with E-state index in [-0.39, 0.29) is 38.7 Å². The van der Waals surface area contributed by atoms with Gasteiger partial charge in [0.15, 0.2) is 5.75 Å². The molecule has 1 saturated heterocycles. The summed E-state index contributed by atoms with van der Waals surface area (Å²) in [5.74, 6) is -1.56. The molecule has 1 fully saturated rings. The second-order valence-electron chi connectivity index (χ2n) is 8.58. The molecule has 1 aliphatic heterocycles. The lowest BCUT2D eigenvalue weighted by atomic mass is 10.1. The van der Waals surface area contributed by atoms with Crippen molar-refractivity contribution in [2.75, 3.05) is 19.0 Å². The van der Waals surface area contributed by atoms with Crippen LogP contribution in [-0.4, -0.2) is 35.6 Å². The molecule has 0 atom stereocenters. The van der Waals surface area contributed by atoms with Gasteiger partial charge in [0, 0.05) is 0 Å². The summed E-state index contributed by atoms with van der Waals surface area (Å²) in [5, 5.41) is 2.50. The number of thioether (sulfide) groups is 1. The van der Waals surface area contributed by atoms with Crippen LogP contribution < -0.4 is 14.8 Å². The minimum absolute atomic E-state index is 0.0268. The summed E-state index contributed by atoms with van der Waals surface area (Å²) in [5.41, 5.74) is -0.207. The molecule has 0 spiro atoms. The van der Waals surface area contributed by atoms with E-state index in [9.17, 15) is 27.6 Å². The van der Waals surface area contributed by atoms with Crippen LogP contribution in [0.1, 0.15) is 16.7 Å². The number of rotatable bonds is 8. The highest BCUT2D eigenvalue weighted by Gasteiger charge is 2.37. The molecule has 0 aromatic heterocycles. The van der Waals surface area contributed by atoms with Crippen molar-refractivity contribution in [3.8, 4) is 11.5 Å². The average molecular weight is 680 g/mol. The Morgan fingerprint density at radius 1 is 0.976 bits per heavy atom. The summed E-state index contributed by atoms with van der Waals surface area (Å²) in [6, 6.07) is 10.4. The third-order valence-corrected chi connectivity index (χ3v) is 7.87. The maximum atomic E-state index is 13.1. The van der Waals surface area contributed by atoms with Gasteiger partial charge in [0.1, 0.15) is 18.9 Å². The first-order valence-corrected chi connectivity index (χ1v) is 14.0. The molecule has 0 radical (unpaired) electrons. The van der Waals surface area contributed by atoms with Crippen LogP contribution in [0, 0.1) is 0 Å². The number of anilines is 1. The van der Waals surface area contributed by atoms with Gasteiger partial charge in [-0.05, 0) is 71.4 Å². The molecule has 0 bridgehead atoms. The zero-order valence-electron chi connectivity index (χ0n) is 21.2. The third-order valence-electron chi connectivity index (χ3n) is 5.66. The van der Waals surface area contributed by atoms with E-state index in [1.54, 1.807) is 18.2 Å². The maximum absolute atomic E-state index is 13.1. The van der Waals surface area contributed by atoms with Gasteiger partial charge in [0.2, 0.25) is 5.91 Å². The van der Waals surface area contributed by atoms with E-state index in [0.717, 1.165) is 12.1 Å². The van der Waals surface area contributed by atoms with Gasteiger partial charge < -0.3 is 14.8 Å². The molecule has 7 nitrogen and oxygen atoms in total. The summed E-state index contributed by atoms with van der Waals surface area (Å²) in [7, 11) is 1.21. The minimum atomic E-state index is -4.66. The first-order valence-electron chi connectivity index (χ1n) is 11.6. The number of hydrogen-bond donors (Lipinski definition) is 1. The number of hydrogen-bond acceptors (Lipinski definition) is 6. The van der Waals surface area contributed by atoms with Gasteiger partial charge in [0.25, 0.3) is 11.1 Å². The number of alkyl halides is 3. The zero-order valence-corrected chi connectivity index (χ0v) is 25.0. The SMILES string of the molecule is COc1ccc(C(F)(F)F)cc1NC(=O)CN1C(=O)S/C(=C\c2cc(Cl)c(OCc3ccc(Cl)c(Cl)c3)c(Cl)c2)C1=O. The van der Waals surface area contributed by atoms with Crippen LogP contribution >= 0.6 is 58.2 Å². The van der Waals surface area contributed by atoms with Crippen molar-refractivity contribution in [2.24, 2.45) is 0 Å². The molecule has 1 heterocycles. The van der Waals surface area contributed by atoms with Crippen LogP contribution in [0.25, 0.3) is 6.08 Å². The molecule has 0 saturated carbocycles. The number of carbonyl (C=O) groups is 3. The van der Waals surface area contributed by atoms with Gasteiger partial charge in [-0.3, -0.25) is 19.3 Å². The summed E-state index contributed by atoms with van der Waals surface area (Å²) in [6.45, 7) is -0.659. The Bertz CT molecular complexity index is 1590. The number of amides is 3. The Kier molecular flexibility index (Phi) is 9.89. The standard InChI is InChI=1S/C27H17Cl4F3N2O5S/c1-40-21-5-3-15(27(32,33)34)10-20(21)35-23(37)11-36-25(38)22(42-26(36)39)9-14-7-18(30)24(19(31)8-14)41-12-13-2-4-16(28)17(29)6-13/h2-10H,11-12H2,1H3,(H,35,37)/b22-9-. The van der Waals surface area contributed by atoms with Crippen molar-refractivity contribution >= 4 is 87.0 Å². The fourth-order valence-corrected chi connectivity index (χ4v) is 5.46. The van der Waals surface area contributed by atoms with Crippen LogP contribution in [0.3, 0.4) is 0 Å². The highest BCUT2D eigenvalue weighted by molar-refractivity contribution is 8.18. The Morgan fingerprint density at radius 2 is 1.67 bits per heavy atom. The summed E-state index contributed by atoms with van der Waals surface area (Å²) in [6.07, 6.45) is -3.30. The molecule has 0 aliphatic carbocycles. The molecule has 3 amide bonds. The predicted octanol–water partition coefficient (Wildman–Crippen LogP) is 8.58. The molecule has 1 N–H and O–H groups in total. The monoisotopic (exact) mass is 678 g/mol. The van der Waals surface area contributed by atoms with Gasteiger partial charge in [-0.2, -0.15) is 13.2 Å². The molecule has 1 aliphatic rings. The van der Waals surface area contributed by atoms with Crippen LogP contribution in [0.4, 0.5) is 23.7 Å². The molecule has 4 rings (SSSR count). The number of ether oxygens (including phenoxy) is 2. The highest BCUT2D eigenvalue weighted by Crippen LogP contribution is 2.39. The summed E-state index contributed by atoms with van der Waals surface area (Å²) in [4.78, 5) is 38.7. The van der Waals surface area contributed by atoms with Crippen LogP contribution in [0.15, 0.2) is 53.4 Å². The Morgan fingerprint density at radius 3 is 2.29 bits per heavy atom. The van der Waals surface area contributed by atoms with E-state index in [1.165, 1.54) is 25.3 Å². The lowest BCUT2D eigenvalue weighted by molar-refractivity contribution is -0.137. The first-order chi connectivity index (χ1) is 19.8. The zero-order chi connectivity index (χ0) is 30.8. The molecule has 3 aromatic carbocycles. The lowest BCUT2D eigenvalue weighted by Crippen LogP contribution is -2.36. The van der Waals surface area contributed by atoms with Crippen LogP contribution in [0.5, 0.6) is 11.5 Å². The van der Waals surface area contributed by atoms with E-state index in [0.29, 0.717) is 43.9 Å². The van der Waals surface area contributed by atoms with Gasteiger partial charge in [-0.15, -0.1) is 0 Å². The fourth-order valence-electron chi connectivity index (χ4n) is 3.69. The number of benzene rings is 3. The number of nitrogens with one attached hydrogen (secondary N) is 1. The Hall–Kier alpha value is -3.09. The maximum Gasteiger partial charge on any atom is 0.416 e. The quantitative estimate of drug-likeness (QED) is 0.240. The molecule has 15 heteroatoms. The normalized spacial score (nSPS) is 14.5. The Labute approximate surface area is 261 Å². The second kappa shape index (κ2) is 13.0. The number of carbonyl (C=O) groups excluding carboxylic acids is 3. The first kappa shape index (κ1) is 31.8. The molecule has 3 aromatic rings. The number of halogens is 7.